The first kappa shape index (κ1) is 11.8. The molecule has 0 radical (unpaired) electrons. The topological polar surface area (TPSA) is 47.3 Å². The number of aromatic hydroxyl groups is 1. The number of imidazole rings is 1. The lowest BCUT2D eigenvalue weighted by Crippen LogP contribution is -1.96. The molecule has 0 aliphatic heterocycles. The third-order valence-electron chi connectivity index (χ3n) is 2.56. The molecule has 0 saturated heterocycles. The van der Waals surface area contributed by atoms with E-state index in [1.165, 1.54) is 7.11 Å². The Hall–Kier alpha value is -1.68. The summed E-state index contributed by atoms with van der Waals surface area (Å²) in [7, 11) is 1.49. The molecule has 0 amide bonds. The van der Waals surface area contributed by atoms with Crippen molar-refractivity contribution in [3.8, 4) is 22.9 Å². The van der Waals surface area contributed by atoms with Gasteiger partial charge < -0.3 is 14.4 Å². The molecule has 0 unspecified atom stereocenters. The fourth-order valence-electron chi connectivity index (χ4n) is 1.68. The molecule has 90 valence electrons. The van der Waals surface area contributed by atoms with Crippen molar-refractivity contribution in [1.82, 2.24) is 9.55 Å². The summed E-state index contributed by atoms with van der Waals surface area (Å²) >= 11 is 5.94. The van der Waals surface area contributed by atoms with Crippen molar-refractivity contribution >= 4 is 11.6 Å². The second-order valence-corrected chi connectivity index (χ2v) is 3.95. The van der Waals surface area contributed by atoms with Crippen molar-refractivity contribution in [2.45, 2.75) is 13.5 Å². The first-order chi connectivity index (χ1) is 8.17. The fourth-order valence-corrected chi connectivity index (χ4v) is 1.89. The summed E-state index contributed by atoms with van der Waals surface area (Å²) in [5.41, 5.74) is 0.816. The molecule has 0 atom stereocenters. The molecule has 0 aliphatic carbocycles. The van der Waals surface area contributed by atoms with E-state index in [2.05, 4.69) is 4.98 Å². The Morgan fingerprint density at radius 2 is 2.24 bits per heavy atom. The van der Waals surface area contributed by atoms with Crippen LogP contribution in [0.2, 0.25) is 5.02 Å². The molecule has 4 nitrogen and oxygen atoms in total. The molecule has 0 fully saturated rings. The lowest BCUT2D eigenvalue weighted by Gasteiger charge is -2.09. The Bertz CT molecular complexity index is 537. The Balaban J connectivity index is 2.57. The molecular formula is C12H13ClN2O2. The molecule has 1 heterocycles. The number of phenols is 1. The summed E-state index contributed by atoms with van der Waals surface area (Å²) in [6, 6.07) is 3.39. The zero-order valence-corrected chi connectivity index (χ0v) is 10.4. The van der Waals surface area contributed by atoms with Crippen molar-refractivity contribution in [2.75, 3.05) is 7.11 Å². The second-order valence-electron chi connectivity index (χ2n) is 3.55. The number of aryl methyl sites for hydroxylation is 1. The number of nitrogens with zero attached hydrogens (tertiary/aromatic N) is 2. The molecule has 2 rings (SSSR count). The van der Waals surface area contributed by atoms with Crippen molar-refractivity contribution < 1.29 is 9.84 Å². The summed E-state index contributed by atoms with van der Waals surface area (Å²) < 4.78 is 7.05. The number of methoxy groups -OCH3 is 1. The zero-order valence-electron chi connectivity index (χ0n) is 9.64. The van der Waals surface area contributed by atoms with Crippen LogP contribution in [0.3, 0.4) is 0 Å². The average molecular weight is 253 g/mol. The number of hydrogen-bond acceptors (Lipinski definition) is 3. The Morgan fingerprint density at radius 3 is 2.88 bits per heavy atom. The van der Waals surface area contributed by atoms with E-state index in [1.54, 1.807) is 18.3 Å². The molecule has 0 bridgehead atoms. The normalized spacial score (nSPS) is 10.5. The van der Waals surface area contributed by atoms with Gasteiger partial charge in [0.2, 0.25) is 0 Å². The molecular weight excluding hydrogens is 240 g/mol. The van der Waals surface area contributed by atoms with Crippen LogP contribution in [0.4, 0.5) is 0 Å². The second kappa shape index (κ2) is 4.67. The van der Waals surface area contributed by atoms with E-state index >= 15 is 0 Å². The van der Waals surface area contributed by atoms with Gasteiger partial charge in [0.15, 0.2) is 11.5 Å². The predicted octanol–water partition coefficient (Wildman–Crippen LogP) is 2.94. The van der Waals surface area contributed by atoms with E-state index in [4.69, 9.17) is 16.3 Å². The van der Waals surface area contributed by atoms with Gasteiger partial charge in [-0.2, -0.15) is 0 Å². The Labute approximate surface area is 104 Å². The number of halogens is 1. The smallest absolute Gasteiger partial charge is 0.176 e. The molecule has 0 saturated carbocycles. The average Bonchev–Trinajstić information content (AvgIpc) is 2.80. The predicted molar refractivity (Wildman–Crippen MR) is 66.6 cm³/mol. The third-order valence-corrected chi connectivity index (χ3v) is 2.85. The van der Waals surface area contributed by atoms with Crippen LogP contribution < -0.4 is 4.74 Å². The zero-order chi connectivity index (χ0) is 12.4. The highest BCUT2D eigenvalue weighted by Crippen LogP contribution is 2.37. The van der Waals surface area contributed by atoms with Gasteiger partial charge in [-0.1, -0.05) is 11.6 Å². The van der Waals surface area contributed by atoms with Crippen LogP contribution in [0.15, 0.2) is 24.5 Å². The lowest BCUT2D eigenvalue weighted by molar-refractivity contribution is 0.374. The van der Waals surface area contributed by atoms with Crippen molar-refractivity contribution in [2.24, 2.45) is 0 Å². The summed E-state index contributed by atoms with van der Waals surface area (Å²) in [6.07, 6.45) is 3.62. The van der Waals surface area contributed by atoms with Crippen LogP contribution in [-0.4, -0.2) is 21.8 Å². The summed E-state index contributed by atoms with van der Waals surface area (Å²) in [5, 5.41) is 9.92. The van der Waals surface area contributed by atoms with Crippen LogP contribution in [0.25, 0.3) is 11.4 Å². The largest absolute Gasteiger partial charge is 0.503 e. The summed E-state index contributed by atoms with van der Waals surface area (Å²) in [4.78, 5) is 4.27. The van der Waals surface area contributed by atoms with Crippen LogP contribution in [0, 0.1) is 0 Å². The number of rotatable bonds is 3. The van der Waals surface area contributed by atoms with Crippen LogP contribution >= 0.6 is 11.6 Å². The van der Waals surface area contributed by atoms with Gasteiger partial charge in [-0.25, -0.2) is 4.98 Å². The van der Waals surface area contributed by atoms with E-state index in [1.807, 2.05) is 17.7 Å². The Morgan fingerprint density at radius 1 is 1.47 bits per heavy atom. The van der Waals surface area contributed by atoms with E-state index < -0.39 is 0 Å². The standard InChI is InChI=1S/C12H13ClN2O2/c1-3-15-5-4-14-12(15)8-6-9(13)11(16)10(7-8)17-2/h4-7,16H,3H2,1-2H3. The SMILES string of the molecule is CCn1ccnc1-c1cc(Cl)c(O)c(OC)c1. The van der Waals surface area contributed by atoms with E-state index in [-0.39, 0.29) is 10.8 Å². The van der Waals surface area contributed by atoms with Crippen molar-refractivity contribution in [1.29, 1.82) is 0 Å². The van der Waals surface area contributed by atoms with Crippen LogP contribution in [-0.2, 0) is 6.54 Å². The summed E-state index contributed by atoms with van der Waals surface area (Å²) in [5.74, 6) is 1.10. The third kappa shape index (κ3) is 2.08. The lowest BCUT2D eigenvalue weighted by atomic mass is 10.2. The van der Waals surface area contributed by atoms with Crippen molar-refractivity contribution in [3.05, 3.63) is 29.5 Å². The summed E-state index contributed by atoms with van der Waals surface area (Å²) in [6.45, 7) is 2.85. The number of phenolic OH excluding ortho intramolecular Hbond substituents is 1. The van der Waals surface area contributed by atoms with Gasteiger partial charge in [-0.05, 0) is 19.1 Å². The first-order valence-corrected chi connectivity index (χ1v) is 5.63. The molecule has 2 aromatic rings. The first-order valence-electron chi connectivity index (χ1n) is 5.25. The maximum atomic E-state index is 9.66. The van der Waals surface area contributed by atoms with Gasteiger partial charge in [-0.3, -0.25) is 0 Å². The van der Waals surface area contributed by atoms with E-state index in [0.29, 0.717) is 5.75 Å². The van der Waals surface area contributed by atoms with E-state index in [0.717, 1.165) is 17.9 Å². The van der Waals surface area contributed by atoms with Gasteiger partial charge in [0.25, 0.3) is 0 Å². The number of aromatic nitrogens is 2. The van der Waals surface area contributed by atoms with Crippen LogP contribution in [0.1, 0.15) is 6.92 Å². The minimum absolute atomic E-state index is 0.0486. The van der Waals surface area contributed by atoms with E-state index in [9.17, 15) is 5.11 Å². The molecule has 17 heavy (non-hydrogen) atoms. The maximum absolute atomic E-state index is 9.66. The number of ether oxygens (including phenoxy) is 1. The molecule has 0 aliphatic rings. The molecule has 1 aromatic heterocycles. The molecule has 1 aromatic carbocycles. The van der Waals surface area contributed by atoms with Crippen LogP contribution in [0.5, 0.6) is 11.5 Å². The van der Waals surface area contributed by atoms with Crippen molar-refractivity contribution in [3.63, 3.8) is 0 Å². The fraction of sp³-hybridized carbons (Fsp3) is 0.250. The Kier molecular flexibility index (Phi) is 3.24. The molecule has 0 spiro atoms. The molecule has 5 heteroatoms. The van der Waals surface area contributed by atoms with Gasteiger partial charge in [0.1, 0.15) is 5.82 Å². The van der Waals surface area contributed by atoms with Gasteiger partial charge in [-0.15, -0.1) is 0 Å². The minimum atomic E-state index is -0.0486. The maximum Gasteiger partial charge on any atom is 0.176 e. The molecule has 1 N–H and O–H groups in total. The van der Waals surface area contributed by atoms with Gasteiger partial charge in [0.05, 0.1) is 12.1 Å². The highest BCUT2D eigenvalue weighted by Gasteiger charge is 2.12. The number of hydrogen-bond donors (Lipinski definition) is 1. The van der Waals surface area contributed by atoms with Gasteiger partial charge in [0, 0.05) is 24.5 Å². The quantitative estimate of drug-likeness (QED) is 0.914. The highest BCUT2D eigenvalue weighted by atomic mass is 35.5. The van der Waals surface area contributed by atoms with Gasteiger partial charge >= 0.3 is 0 Å². The minimum Gasteiger partial charge on any atom is -0.503 e. The highest BCUT2D eigenvalue weighted by molar-refractivity contribution is 6.32. The number of benzene rings is 1. The monoisotopic (exact) mass is 252 g/mol.